The quantitative estimate of drug-likeness (QED) is 0.363. The molecule has 21 heavy (non-hydrogen) atoms. The fourth-order valence-corrected chi connectivity index (χ4v) is 2.64. The Morgan fingerprint density at radius 1 is 1.48 bits per heavy atom. The van der Waals surface area contributed by atoms with Crippen LogP contribution in [0.4, 0.5) is 5.69 Å². The van der Waals surface area contributed by atoms with Crippen LogP contribution in [0.3, 0.4) is 0 Å². The van der Waals surface area contributed by atoms with Gasteiger partial charge in [-0.15, -0.1) is 0 Å². The number of allylic oxidation sites excluding steroid dienone is 1. The van der Waals surface area contributed by atoms with E-state index in [2.05, 4.69) is 0 Å². The molecule has 0 spiro atoms. The van der Waals surface area contributed by atoms with Crippen LogP contribution < -0.4 is 0 Å². The second-order valence-corrected chi connectivity index (χ2v) is 5.10. The van der Waals surface area contributed by atoms with E-state index < -0.39 is 4.92 Å². The van der Waals surface area contributed by atoms with Crippen LogP contribution in [-0.2, 0) is 4.79 Å². The molecule has 0 aliphatic carbocycles. The van der Waals surface area contributed by atoms with E-state index in [0.717, 1.165) is 0 Å². The van der Waals surface area contributed by atoms with Crippen molar-refractivity contribution in [2.75, 3.05) is 12.3 Å². The number of amides is 1. The van der Waals surface area contributed by atoms with Crippen molar-refractivity contribution in [3.05, 3.63) is 51.0 Å². The number of rotatable bonds is 4. The van der Waals surface area contributed by atoms with Crippen LogP contribution in [0.25, 0.3) is 0 Å². The van der Waals surface area contributed by atoms with E-state index in [1.807, 2.05) is 6.07 Å². The van der Waals surface area contributed by atoms with E-state index in [4.69, 9.17) is 5.26 Å². The van der Waals surface area contributed by atoms with Crippen LogP contribution in [-0.4, -0.2) is 33.8 Å². The summed E-state index contributed by atoms with van der Waals surface area (Å²) in [4.78, 5) is 35.0. The maximum absolute atomic E-state index is 12.1. The number of carbonyl (C=O) groups is 2. The molecule has 0 bridgehead atoms. The Kier molecular flexibility index (Phi) is 4.35. The van der Waals surface area contributed by atoms with Crippen molar-refractivity contribution in [1.82, 2.24) is 4.90 Å². The monoisotopic (exact) mass is 303 g/mol. The van der Waals surface area contributed by atoms with Crippen LogP contribution in [0.5, 0.6) is 0 Å². The molecule has 0 N–H and O–H groups in total. The molecule has 106 valence electrons. The van der Waals surface area contributed by atoms with Crippen molar-refractivity contribution in [3.8, 4) is 6.07 Å². The van der Waals surface area contributed by atoms with E-state index in [9.17, 15) is 19.7 Å². The zero-order valence-corrected chi connectivity index (χ0v) is 11.5. The first-order valence-corrected chi connectivity index (χ1v) is 6.82. The number of benzene rings is 1. The fraction of sp³-hybridized carbons (Fsp3) is 0.154. The zero-order chi connectivity index (χ0) is 15.4. The summed E-state index contributed by atoms with van der Waals surface area (Å²) < 4.78 is 0. The fourth-order valence-electron chi connectivity index (χ4n) is 1.76. The smallest absolute Gasteiger partial charge is 0.269 e. The minimum absolute atomic E-state index is 0.107. The minimum atomic E-state index is -0.553. The summed E-state index contributed by atoms with van der Waals surface area (Å²) in [6, 6.07) is 7.00. The first-order chi connectivity index (χ1) is 10.0. The maximum Gasteiger partial charge on any atom is 0.269 e. The molecule has 1 aromatic carbocycles. The Hall–Kier alpha value is -2.66. The molecule has 0 unspecified atom stereocenters. The molecule has 1 aliphatic rings. The number of hydrogen-bond donors (Lipinski definition) is 0. The van der Waals surface area contributed by atoms with Crippen molar-refractivity contribution in [1.29, 1.82) is 5.26 Å². The molecular weight excluding hydrogens is 294 g/mol. The molecule has 7 nitrogen and oxygen atoms in total. The highest BCUT2D eigenvalue weighted by Gasteiger charge is 2.28. The third-order valence-electron chi connectivity index (χ3n) is 2.80. The SMILES string of the molecule is N#CC=C1SCC(=O)N1CC(=O)c1ccc([N+](=O)[O-])cc1. The summed E-state index contributed by atoms with van der Waals surface area (Å²) in [5.74, 6) is -0.387. The zero-order valence-electron chi connectivity index (χ0n) is 10.7. The topological polar surface area (TPSA) is 104 Å². The predicted molar refractivity (Wildman–Crippen MR) is 75.3 cm³/mol. The Labute approximate surface area is 124 Å². The first-order valence-electron chi connectivity index (χ1n) is 5.83. The summed E-state index contributed by atoms with van der Waals surface area (Å²) in [5, 5.41) is 19.6. The maximum atomic E-state index is 12.1. The van der Waals surface area contributed by atoms with Crippen molar-refractivity contribution in [2.24, 2.45) is 0 Å². The van der Waals surface area contributed by atoms with E-state index >= 15 is 0 Å². The van der Waals surface area contributed by atoms with Crippen LogP contribution in [0.1, 0.15) is 10.4 Å². The second-order valence-electron chi connectivity index (χ2n) is 4.11. The third kappa shape index (κ3) is 3.27. The number of nitrogens with zero attached hydrogens (tertiary/aromatic N) is 3. The van der Waals surface area contributed by atoms with Gasteiger partial charge in [0.25, 0.3) is 5.69 Å². The molecule has 1 heterocycles. The lowest BCUT2D eigenvalue weighted by atomic mass is 10.1. The summed E-state index contributed by atoms with van der Waals surface area (Å²) in [6.45, 7) is -0.183. The van der Waals surface area contributed by atoms with Gasteiger partial charge in [-0.1, -0.05) is 11.8 Å². The lowest BCUT2D eigenvalue weighted by molar-refractivity contribution is -0.384. The molecule has 2 rings (SSSR count). The van der Waals surface area contributed by atoms with Gasteiger partial charge in [-0.25, -0.2) is 0 Å². The number of non-ortho nitro benzene ring substituents is 1. The van der Waals surface area contributed by atoms with E-state index in [1.54, 1.807) is 0 Å². The normalized spacial score (nSPS) is 16.0. The van der Waals surface area contributed by atoms with Crippen LogP contribution >= 0.6 is 11.8 Å². The Morgan fingerprint density at radius 3 is 2.71 bits per heavy atom. The van der Waals surface area contributed by atoms with Gasteiger partial charge < -0.3 is 0 Å². The molecule has 0 atom stereocenters. The van der Waals surface area contributed by atoms with Crippen LogP contribution in [0, 0.1) is 21.4 Å². The molecule has 0 aromatic heterocycles. The molecule has 1 fully saturated rings. The molecule has 1 saturated heterocycles. The van der Waals surface area contributed by atoms with Crippen molar-refractivity contribution >= 4 is 29.1 Å². The standard InChI is InChI=1S/C13H9N3O4S/c14-6-5-13-15(12(18)8-21-13)7-11(17)9-1-3-10(4-2-9)16(19)20/h1-5H,7-8H2. The number of ketones is 1. The number of carbonyl (C=O) groups excluding carboxylic acids is 2. The first kappa shape index (κ1) is 14.7. The molecule has 1 aliphatic heterocycles. The largest absolute Gasteiger partial charge is 0.298 e. The number of thioether (sulfide) groups is 1. The number of Topliss-reactive ketones (excluding diaryl/α,β-unsaturated/α-hetero) is 1. The number of nitriles is 1. The highest BCUT2D eigenvalue weighted by molar-refractivity contribution is 8.04. The van der Waals surface area contributed by atoms with Gasteiger partial charge in [0, 0.05) is 23.8 Å². The van der Waals surface area contributed by atoms with E-state index in [0.29, 0.717) is 5.03 Å². The Bertz CT molecular complexity index is 676. The minimum Gasteiger partial charge on any atom is -0.298 e. The highest BCUT2D eigenvalue weighted by Crippen LogP contribution is 2.28. The lowest BCUT2D eigenvalue weighted by Gasteiger charge is -2.15. The average Bonchev–Trinajstić information content (AvgIpc) is 2.81. The van der Waals surface area contributed by atoms with Gasteiger partial charge in [0.15, 0.2) is 5.78 Å². The van der Waals surface area contributed by atoms with Crippen LogP contribution in [0.2, 0.25) is 0 Å². The summed E-state index contributed by atoms with van der Waals surface area (Å²) >= 11 is 1.20. The van der Waals surface area contributed by atoms with Gasteiger partial charge in [0.2, 0.25) is 5.91 Å². The predicted octanol–water partition coefficient (Wildman–Crippen LogP) is 1.72. The Morgan fingerprint density at radius 2 is 2.14 bits per heavy atom. The second kappa shape index (κ2) is 6.19. The molecule has 8 heteroatoms. The van der Waals surface area contributed by atoms with Crippen molar-refractivity contribution < 1.29 is 14.5 Å². The molecule has 1 amide bonds. The van der Waals surface area contributed by atoms with Gasteiger partial charge in [-0.05, 0) is 12.1 Å². The average molecular weight is 303 g/mol. The highest BCUT2D eigenvalue weighted by atomic mass is 32.2. The third-order valence-corrected chi connectivity index (χ3v) is 3.83. The molecule has 1 aromatic rings. The number of nitro benzene ring substituents is 1. The molecule has 0 saturated carbocycles. The number of hydrogen-bond acceptors (Lipinski definition) is 6. The summed E-state index contributed by atoms with van der Waals surface area (Å²) in [6.07, 6.45) is 1.22. The van der Waals surface area contributed by atoms with Crippen molar-refractivity contribution in [3.63, 3.8) is 0 Å². The molecule has 0 radical (unpaired) electrons. The van der Waals surface area contributed by atoms with E-state index in [1.165, 1.54) is 47.0 Å². The van der Waals surface area contributed by atoms with Gasteiger partial charge >= 0.3 is 0 Å². The number of nitro groups is 1. The van der Waals surface area contributed by atoms with Crippen LogP contribution in [0.15, 0.2) is 35.4 Å². The summed E-state index contributed by atoms with van der Waals surface area (Å²) in [7, 11) is 0. The molecular formula is C13H9N3O4S. The van der Waals surface area contributed by atoms with Gasteiger partial charge in [-0.2, -0.15) is 5.26 Å². The van der Waals surface area contributed by atoms with Gasteiger partial charge in [0.05, 0.1) is 28.3 Å². The van der Waals surface area contributed by atoms with E-state index in [-0.39, 0.29) is 35.2 Å². The van der Waals surface area contributed by atoms with Gasteiger partial charge in [0.1, 0.15) is 0 Å². The lowest BCUT2D eigenvalue weighted by Crippen LogP contribution is -2.30. The Balaban J connectivity index is 2.14. The van der Waals surface area contributed by atoms with Crippen molar-refractivity contribution in [2.45, 2.75) is 0 Å². The summed E-state index contributed by atoms with van der Waals surface area (Å²) in [5.41, 5.74) is 0.172. The van der Waals surface area contributed by atoms with Gasteiger partial charge in [-0.3, -0.25) is 24.6 Å².